The molecule has 15 heteroatoms. The lowest BCUT2D eigenvalue weighted by Gasteiger charge is -2.28. The first kappa shape index (κ1) is 34.2. The number of carbonyl (C=O) groups excluding carboxylic acids is 3. The fourth-order valence-electron chi connectivity index (χ4n) is 4.11. The maximum absolute atomic E-state index is 12.4. The van der Waals surface area contributed by atoms with Crippen molar-refractivity contribution in [3.05, 3.63) is 56.3 Å². The van der Waals surface area contributed by atoms with Crippen LogP contribution in [-0.2, 0) is 19.1 Å². The van der Waals surface area contributed by atoms with Crippen LogP contribution in [0.4, 0.5) is 4.79 Å². The number of hydrogen-bond donors (Lipinski definition) is 4. The number of halogens is 1. The van der Waals surface area contributed by atoms with Crippen molar-refractivity contribution in [2.75, 3.05) is 40.6 Å². The summed E-state index contributed by atoms with van der Waals surface area (Å²) in [6.45, 7) is 5.26. The summed E-state index contributed by atoms with van der Waals surface area (Å²) < 4.78 is 32.9. The fourth-order valence-corrected chi connectivity index (χ4v) is 4.89. The molecule has 0 saturated carbocycles. The third-order valence-corrected chi connectivity index (χ3v) is 6.80. The average Bonchev–Trinajstić information content (AvgIpc) is 2.99. The molecule has 0 spiro atoms. The molecule has 4 N–H and O–H groups in total. The summed E-state index contributed by atoms with van der Waals surface area (Å²) in [6.07, 6.45) is 0.291. The second-order valence-corrected chi connectivity index (χ2v) is 10.2. The zero-order valence-electron chi connectivity index (χ0n) is 24.9. The smallest absolute Gasteiger partial charge is 0.344 e. The zero-order valence-corrected chi connectivity index (χ0v) is 27.1. The molecule has 0 fully saturated rings. The predicted molar refractivity (Wildman–Crippen MR) is 167 cm³/mol. The molecule has 1 aliphatic heterocycles. The maximum atomic E-state index is 12.4. The molecule has 1 heterocycles. The molecule has 1 aliphatic rings. The van der Waals surface area contributed by atoms with Gasteiger partial charge in [-0.2, -0.15) is 5.10 Å². The number of rotatable bonds is 15. The Morgan fingerprint density at radius 3 is 2.55 bits per heavy atom. The van der Waals surface area contributed by atoms with Crippen molar-refractivity contribution in [2.45, 2.75) is 33.0 Å². The van der Waals surface area contributed by atoms with Gasteiger partial charge < -0.3 is 44.2 Å². The minimum absolute atomic E-state index is 0.186. The lowest BCUT2D eigenvalue weighted by molar-refractivity contribution is -0.145. The molecule has 44 heavy (non-hydrogen) atoms. The van der Waals surface area contributed by atoms with E-state index in [1.165, 1.54) is 20.4 Å². The Labute approximate surface area is 268 Å². The monoisotopic (exact) mass is 726 g/mol. The molecule has 3 rings (SSSR count). The first-order chi connectivity index (χ1) is 21.1. The number of hydrazone groups is 1. The van der Waals surface area contributed by atoms with Gasteiger partial charge in [-0.1, -0.05) is 6.07 Å². The molecule has 14 nitrogen and oxygen atoms in total. The molecule has 0 unspecified atom stereocenters. The van der Waals surface area contributed by atoms with Gasteiger partial charge in [-0.25, -0.2) is 14.4 Å². The number of carbonyl (C=O) groups is 3. The van der Waals surface area contributed by atoms with E-state index in [2.05, 4.69) is 43.8 Å². The topological polar surface area (TPSA) is 175 Å². The zero-order chi connectivity index (χ0) is 32.2. The lowest BCUT2D eigenvalue weighted by atomic mass is 9.95. The van der Waals surface area contributed by atoms with Gasteiger partial charge in [-0.05, 0) is 78.8 Å². The number of benzene rings is 2. The van der Waals surface area contributed by atoms with Gasteiger partial charge >= 0.3 is 18.0 Å². The maximum Gasteiger partial charge on any atom is 0.344 e. The van der Waals surface area contributed by atoms with Crippen LogP contribution in [0.1, 0.15) is 37.9 Å². The standard InChI is InChI=1S/C29H35IN4O10/c1-6-41-21-12-18(26-25(28(37)40-5)16(3)32-29(38)33-26)8-9-20(21)43-14-23(35)34-31-13-17-10-19(30)27(22(11-17)39-4)44-15-24(36)42-7-2/h8-13,23,26,34-35H,6-7,14-15H2,1-5H3,(H2,32,33,38)/b31-13-/t23-,26+/m1/s1. The molecule has 0 aliphatic carbocycles. The molecule has 2 aromatic rings. The summed E-state index contributed by atoms with van der Waals surface area (Å²) in [7, 11) is 2.74. The molecular weight excluding hydrogens is 691 g/mol. The molecular formula is C29H35IN4O10. The normalized spacial score (nSPS) is 15.2. The highest BCUT2D eigenvalue weighted by atomic mass is 127. The van der Waals surface area contributed by atoms with Crippen LogP contribution in [0.3, 0.4) is 0 Å². The van der Waals surface area contributed by atoms with Crippen LogP contribution in [0, 0.1) is 3.57 Å². The Kier molecular flexibility index (Phi) is 12.9. The molecule has 0 radical (unpaired) electrons. The predicted octanol–water partition coefficient (Wildman–Crippen LogP) is 2.76. The highest BCUT2D eigenvalue weighted by Gasteiger charge is 2.32. The van der Waals surface area contributed by atoms with Crippen molar-refractivity contribution in [1.82, 2.24) is 16.1 Å². The number of amides is 2. The average molecular weight is 727 g/mol. The summed E-state index contributed by atoms with van der Waals surface area (Å²) in [4.78, 5) is 36.2. The number of aliphatic hydroxyl groups excluding tert-OH is 1. The van der Waals surface area contributed by atoms with Crippen molar-refractivity contribution >= 4 is 46.8 Å². The number of hydrogen-bond acceptors (Lipinski definition) is 12. The van der Waals surface area contributed by atoms with Crippen LogP contribution in [0.5, 0.6) is 23.0 Å². The minimum atomic E-state index is -1.19. The Balaban J connectivity index is 1.66. The van der Waals surface area contributed by atoms with E-state index in [1.807, 2.05) is 0 Å². The Morgan fingerprint density at radius 1 is 1.09 bits per heavy atom. The lowest BCUT2D eigenvalue weighted by Crippen LogP contribution is -2.45. The third kappa shape index (κ3) is 9.12. The number of nitrogens with one attached hydrogen (secondary N) is 3. The van der Waals surface area contributed by atoms with E-state index in [1.54, 1.807) is 51.1 Å². The molecule has 2 aromatic carbocycles. The van der Waals surface area contributed by atoms with E-state index in [0.717, 1.165) is 0 Å². The number of allylic oxidation sites excluding steroid dienone is 1. The highest BCUT2D eigenvalue weighted by Crippen LogP contribution is 2.35. The second-order valence-electron chi connectivity index (χ2n) is 9.04. The van der Waals surface area contributed by atoms with Gasteiger partial charge in [-0.15, -0.1) is 0 Å². The van der Waals surface area contributed by atoms with Gasteiger partial charge in [0.2, 0.25) is 0 Å². The van der Waals surface area contributed by atoms with Crippen LogP contribution in [0.15, 0.2) is 46.7 Å². The van der Waals surface area contributed by atoms with Crippen LogP contribution in [-0.4, -0.2) is 76.2 Å². The van der Waals surface area contributed by atoms with Gasteiger partial charge in [0.15, 0.2) is 35.8 Å². The van der Waals surface area contributed by atoms with Crippen molar-refractivity contribution in [3.63, 3.8) is 0 Å². The van der Waals surface area contributed by atoms with Gasteiger partial charge in [0.1, 0.15) is 6.61 Å². The molecule has 0 saturated heterocycles. The largest absolute Gasteiger partial charge is 0.493 e. The van der Waals surface area contributed by atoms with Gasteiger partial charge in [0.25, 0.3) is 0 Å². The Hall–Kier alpha value is -4.25. The Bertz CT molecular complexity index is 1410. The van der Waals surface area contributed by atoms with Crippen molar-refractivity contribution in [3.8, 4) is 23.0 Å². The number of aliphatic hydroxyl groups is 1. The van der Waals surface area contributed by atoms with Crippen LogP contribution < -0.4 is 35.0 Å². The number of esters is 2. The quantitative estimate of drug-likeness (QED) is 0.0699. The molecule has 238 valence electrons. The highest BCUT2D eigenvalue weighted by molar-refractivity contribution is 14.1. The first-order valence-electron chi connectivity index (χ1n) is 13.5. The molecule has 0 bridgehead atoms. The summed E-state index contributed by atoms with van der Waals surface area (Å²) >= 11 is 2.05. The SMILES string of the molecule is CCOC(=O)COc1c(I)cc(/C=N\N[C@H](O)COc2ccc([C@@H]3NC(=O)NC(C)=C3C(=O)OC)cc2OCC)cc1OC. The van der Waals surface area contributed by atoms with Gasteiger partial charge in [0, 0.05) is 5.70 Å². The van der Waals surface area contributed by atoms with Crippen molar-refractivity contribution in [2.24, 2.45) is 5.10 Å². The number of urea groups is 1. The second kappa shape index (κ2) is 16.6. The molecule has 2 amide bonds. The van der Waals surface area contributed by atoms with E-state index in [-0.39, 0.29) is 25.4 Å². The fraction of sp³-hybridized carbons (Fsp3) is 0.379. The summed E-state index contributed by atoms with van der Waals surface area (Å²) in [5.41, 5.74) is 4.44. The van der Waals surface area contributed by atoms with E-state index in [4.69, 9.17) is 28.4 Å². The molecule has 2 atom stereocenters. The van der Waals surface area contributed by atoms with Crippen LogP contribution >= 0.6 is 22.6 Å². The van der Waals surface area contributed by atoms with Gasteiger partial charge in [0.05, 0.1) is 48.8 Å². The third-order valence-electron chi connectivity index (χ3n) is 6.00. The summed E-state index contributed by atoms with van der Waals surface area (Å²) in [5, 5.41) is 19.8. The number of ether oxygens (including phenoxy) is 6. The summed E-state index contributed by atoms with van der Waals surface area (Å²) in [6, 6.07) is 7.15. The summed E-state index contributed by atoms with van der Waals surface area (Å²) in [5.74, 6) is 0.397. The Morgan fingerprint density at radius 2 is 1.86 bits per heavy atom. The van der Waals surface area contributed by atoms with Crippen molar-refractivity contribution < 1.29 is 47.9 Å². The van der Waals surface area contributed by atoms with Crippen LogP contribution in [0.2, 0.25) is 0 Å². The van der Waals surface area contributed by atoms with Gasteiger partial charge in [-0.3, -0.25) is 5.43 Å². The molecule has 0 aromatic heterocycles. The minimum Gasteiger partial charge on any atom is -0.493 e. The van der Waals surface area contributed by atoms with Crippen molar-refractivity contribution in [1.29, 1.82) is 0 Å². The van der Waals surface area contributed by atoms with E-state index >= 15 is 0 Å². The number of methoxy groups -OCH3 is 2. The van der Waals surface area contributed by atoms with E-state index < -0.39 is 30.2 Å². The van der Waals surface area contributed by atoms with E-state index in [9.17, 15) is 19.5 Å². The first-order valence-corrected chi connectivity index (χ1v) is 14.6. The number of nitrogens with zero attached hydrogens (tertiary/aromatic N) is 1. The van der Waals surface area contributed by atoms with E-state index in [0.29, 0.717) is 50.0 Å². The van der Waals surface area contributed by atoms with Crippen LogP contribution in [0.25, 0.3) is 0 Å².